The summed E-state index contributed by atoms with van der Waals surface area (Å²) >= 11 is 0. The van der Waals surface area contributed by atoms with E-state index < -0.39 is 5.92 Å². The Morgan fingerprint density at radius 2 is 1.79 bits per heavy atom. The van der Waals surface area contributed by atoms with Gasteiger partial charge in [-0.2, -0.15) is 0 Å². The molecule has 5 heteroatoms. The lowest BCUT2D eigenvalue weighted by molar-refractivity contribution is -0.109. The number of ether oxygens (including phenoxy) is 4. The van der Waals surface area contributed by atoms with Crippen molar-refractivity contribution in [2.45, 2.75) is 5.92 Å². The van der Waals surface area contributed by atoms with E-state index in [1.54, 1.807) is 26.4 Å². The Balaban J connectivity index is 2.19. The highest BCUT2D eigenvalue weighted by Gasteiger charge is 2.32. The highest BCUT2D eigenvalue weighted by atomic mass is 16.5. The van der Waals surface area contributed by atoms with Gasteiger partial charge < -0.3 is 23.7 Å². The van der Waals surface area contributed by atoms with Gasteiger partial charge in [0.15, 0.2) is 11.5 Å². The molecule has 0 N–H and O–H groups in total. The van der Waals surface area contributed by atoms with Gasteiger partial charge in [0.2, 0.25) is 0 Å². The molecule has 0 bridgehead atoms. The summed E-state index contributed by atoms with van der Waals surface area (Å²) in [4.78, 5) is 11.7. The van der Waals surface area contributed by atoms with E-state index in [1.165, 1.54) is 7.11 Å². The first-order chi connectivity index (χ1) is 11.7. The molecular formula is C19H18O5. The monoisotopic (exact) mass is 326 g/mol. The average molecular weight is 326 g/mol. The van der Waals surface area contributed by atoms with Crippen molar-refractivity contribution in [3.05, 3.63) is 59.4 Å². The van der Waals surface area contributed by atoms with Crippen LogP contribution in [0.3, 0.4) is 0 Å². The SMILES string of the molecule is COC1=C(c2ccc(OC)cc2OC)Oc2ccccc2C1C=O. The van der Waals surface area contributed by atoms with E-state index in [9.17, 15) is 4.79 Å². The molecule has 2 aromatic carbocycles. The number of benzene rings is 2. The molecule has 0 aromatic heterocycles. The fourth-order valence-electron chi connectivity index (χ4n) is 2.80. The Morgan fingerprint density at radius 3 is 2.46 bits per heavy atom. The second-order valence-corrected chi connectivity index (χ2v) is 5.22. The minimum Gasteiger partial charge on any atom is -0.497 e. The fourth-order valence-corrected chi connectivity index (χ4v) is 2.80. The highest BCUT2D eigenvalue weighted by molar-refractivity contribution is 5.80. The third-order valence-electron chi connectivity index (χ3n) is 3.98. The van der Waals surface area contributed by atoms with Crippen molar-refractivity contribution in [3.63, 3.8) is 0 Å². The zero-order valence-corrected chi connectivity index (χ0v) is 13.7. The highest BCUT2D eigenvalue weighted by Crippen LogP contribution is 2.43. The Bertz CT molecular complexity index is 794. The third-order valence-corrected chi connectivity index (χ3v) is 3.98. The molecule has 1 aliphatic rings. The maximum atomic E-state index is 11.7. The molecule has 1 heterocycles. The smallest absolute Gasteiger partial charge is 0.177 e. The van der Waals surface area contributed by atoms with E-state index in [0.29, 0.717) is 34.3 Å². The van der Waals surface area contributed by atoms with Crippen molar-refractivity contribution in [1.29, 1.82) is 0 Å². The molecule has 3 rings (SSSR count). The zero-order valence-electron chi connectivity index (χ0n) is 13.7. The second kappa shape index (κ2) is 6.66. The zero-order chi connectivity index (χ0) is 17.1. The Morgan fingerprint density at radius 1 is 1.00 bits per heavy atom. The summed E-state index contributed by atoms with van der Waals surface area (Å²) < 4.78 is 22.2. The number of aldehydes is 1. The van der Waals surface area contributed by atoms with Gasteiger partial charge in [0.25, 0.3) is 0 Å². The molecule has 5 nitrogen and oxygen atoms in total. The molecule has 124 valence electrons. The summed E-state index contributed by atoms with van der Waals surface area (Å²) in [5, 5.41) is 0. The van der Waals surface area contributed by atoms with Crippen LogP contribution in [0.15, 0.2) is 48.2 Å². The van der Waals surface area contributed by atoms with E-state index in [4.69, 9.17) is 18.9 Å². The molecule has 0 amide bonds. The predicted molar refractivity (Wildman–Crippen MR) is 89.4 cm³/mol. The van der Waals surface area contributed by atoms with Gasteiger partial charge in [-0.25, -0.2) is 0 Å². The van der Waals surface area contributed by atoms with E-state index in [1.807, 2.05) is 30.3 Å². The maximum Gasteiger partial charge on any atom is 0.177 e. The summed E-state index contributed by atoms with van der Waals surface area (Å²) in [5.74, 6) is 2.26. The minimum absolute atomic E-state index is 0.451. The van der Waals surface area contributed by atoms with Gasteiger partial charge in [-0.05, 0) is 18.2 Å². The number of para-hydroxylation sites is 1. The molecule has 0 spiro atoms. The van der Waals surface area contributed by atoms with Crippen LogP contribution in [0.2, 0.25) is 0 Å². The first kappa shape index (κ1) is 15.9. The predicted octanol–water partition coefficient (Wildman–Crippen LogP) is 3.39. The van der Waals surface area contributed by atoms with Crippen molar-refractivity contribution in [3.8, 4) is 17.2 Å². The van der Waals surface area contributed by atoms with E-state index in [2.05, 4.69) is 0 Å². The van der Waals surface area contributed by atoms with Gasteiger partial charge in [0.05, 0.1) is 26.9 Å². The standard InChI is InChI=1S/C19H18O5/c1-21-12-8-9-14(17(10-12)22-2)19-18(23-3)15(11-20)13-6-4-5-7-16(13)24-19/h4-11,15H,1-3H3. The summed E-state index contributed by atoms with van der Waals surface area (Å²) in [6.45, 7) is 0. The normalized spacial score (nSPS) is 16.0. The van der Waals surface area contributed by atoms with Crippen LogP contribution in [0.1, 0.15) is 17.0 Å². The average Bonchev–Trinajstić information content (AvgIpc) is 2.65. The topological polar surface area (TPSA) is 54.0 Å². The van der Waals surface area contributed by atoms with Crippen LogP contribution < -0.4 is 14.2 Å². The van der Waals surface area contributed by atoms with Crippen molar-refractivity contribution >= 4 is 12.0 Å². The van der Waals surface area contributed by atoms with Gasteiger partial charge >= 0.3 is 0 Å². The van der Waals surface area contributed by atoms with E-state index in [0.717, 1.165) is 11.8 Å². The molecule has 0 fully saturated rings. The quantitative estimate of drug-likeness (QED) is 0.788. The molecule has 1 atom stereocenters. The summed E-state index contributed by atoms with van der Waals surface area (Å²) in [5.41, 5.74) is 1.47. The van der Waals surface area contributed by atoms with Gasteiger partial charge in [-0.1, -0.05) is 18.2 Å². The number of carbonyl (C=O) groups excluding carboxylic acids is 1. The number of methoxy groups -OCH3 is 3. The lowest BCUT2D eigenvalue weighted by Gasteiger charge is -2.27. The van der Waals surface area contributed by atoms with Gasteiger partial charge in [0, 0.05) is 11.6 Å². The van der Waals surface area contributed by atoms with Crippen LogP contribution >= 0.6 is 0 Å². The summed E-state index contributed by atoms with van der Waals surface area (Å²) in [7, 11) is 4.68. The number of allylic oxidation sites excluding steroid dienone is 1. The third kappa shape index (κ3) is 2.58. The van der Waals surface area contributed by atoms with Gasteiger partial charge in [-0.15, -0.1) is 0 Å². The van der Waals surface area contributed by atoms with Gasteiger partial charge in [0.1, 0.15) is 29.5 Å². The summed E-state index contributed by atoms with van der Waals surface area (Å²) in [6, 6.07) is 12.8. The molecule has 1 unspecified atom stereocenters. The first-order valence-electron chi connectivity index (χ1n) is 7.46. The first-order valence-corrected chi connectivity index (χ1v) is 7.46. The number of carbonyl (C=O) groups is 1. The molecule has 0 radical (unpaired) electrons. The second-order valence-electron chi connectivity index (χ2n) is 5.22. The molecule has 24 heavy (non-hydrogen) atoms. The minimum atomic E-state index is -0.526. The molecule has 0 aliphatic carbocycles. The van der Waals surface area contributed by atoms with Crippen molar-refractivity contribution in [1.82, 2.24) is 0 Å². The number of rotatable bonds is 5. The number of fused-ring (bicyclic) bond motifs is 1. The molecule has 1 aliphatic heterocycles. The van der Waals surface area contributed by atoms with Crippen molar-refractivity contribution in [2.75, 3.05) is 21.3 Å². The van der Waals surface area contributed by atoms with Gasteiger partial charge in [-0.3, -0.25) is 0 Å². The molecular weight excluding hydrogens is 308 g/mol. The Hall–Kier alpha value is -2.95. The van der Waals surface area contributed by atoms with Crippen LogP contribution in [0.5, 0.6) is 17.2 Å². The van der Waals surface area contributed by atoms with Crippen LogP contribution in [-0.2, 0) is 9.53 Å². The Kier molecular flexibility index (Phi) is 4.42. The largest absolute Gasteiger partial charge is 0.497 e. The molecule has 0 saturated heterocycles. The summed E-state index contributed by atoms with van der Waals surface area (Å²) in [6.07, 6.45) is 0.857. The lowest BCUT2D eigenvalue weighted by Crippen LogP contribution is -2.17. The molecule has 0 saturated carbocycles. The molecule has 2 aromatic rings. The maximum absolute atomic E-state index is 11.7. The van der Waals surface area contributed by atoms with Crippen LogP contribution in [0, 0.1) is 0 Å². The lowest BCUT2D eigenvalue weighted by atomic mass is 9.93. The number of hydrogen-bond acceptors (Lipinski definition) is 5. The number of hydrogen-bond donors (Lipinski definition) is 0. The van der Waals surface area contributed by atoms with Crippen LogP contribution in [0.4, 0.5) is 0 Å². The fraction of sp³-hybridized carbons (Fsp3) is 0.211. The van der Waals surface area contributed by atoms with E-state index in [-0.39, 0.29) is 0 Å². The van der Waals surface area contributed by atoms with Crippen molar-refractivity contribution in [2.24, 2.45) is 0 Å². The van der Waals surface area contributed by atoms with Crippen LogP contribution in [0.25, 0.3) is 5.76 Å². The van der Waals surface area contributed by atoms with Crippen LogP contribution in [-0.4, -0.2) is 27.6 Å². The Labute approximate surface area is 140 Å². The van der Waals surface area contributed by atoms with E-state index >= 15 is 0 Å². The van der Waals surface area contributed by atoms with Crippen molar-refractivity contribution < 1.29 is 23.7 Å².